The molecule has 2 saturated heterocycles. The Hall–Kier alpha value is -2.37. The Morgan fingerprint density at radius 1 is 1.07 bits per heavy atom. The van der Waals surface area contributed by atoms with Gasteiger partial charge in [0.25, 0.3) is 0 Å². The van der Waals surface area contributed by atoms with Gasteiger partial charge in [-0.3, -0.25) is 9.69 Å². The van der Waals surface area contributed by atoms with Crippen LogP contribution in [0.2, 0.25) is 0 Å². The Labute approximate surface area is 179 Å². The van der Waals surface area contributed by atoms with Crippen molar-refractivity contribution in [3.05, 3.63) is 65.7 Å². The zero-order valence-electron chi connectivity index (χ0n) is 17.8. The normalized spacial score (nSPS) is 19.9. The molecule has 0 unspecified atom stereocenters. The van der Waals surface area contributed by atoms with Gasteiger partial charge in [-0.15, -0.1) is 0 Å². The van der Waals surface area contributed by atoms with E-state index >= 15 is 0 Å². The zero-order valence-corrected chi connectivity index (χ0v) is 17.8. The van der Waals surface area contributed by atoms with Gasteiger partial charge in [-0.05, 0) is 37.3 Å². The van der Waals surface area contributed by atoms with Crippen molar-refractivity contribution in [3.63, 3.8) is 0 Å². The van der Waals surface area contributed by atoms with Crippen LogP contribution < -0.4 is 10.1 Å². The molecular weight excluding hydrogens is 376 g/mol. The minimum absolute atomic E-state index is 0.167. The Bertz CT molecular complexity index is 825. The highest BCUT2D eigenvalue weighted by molar-refractivity contribution is 5.88. The van der Waals surface area contributed by atoms with Crippen molar-refractivity contribution in [2.75, 3.05) is 33.4 Å². The van der Waals surface area contributed by atoms with E-state index in [0.29, 0.717) is 13.2 Å². The summed E-state index contributed by atoms with van der Waals surface area (Å²) >= 11 is 0. The van der Waals surface area contributed by atoms with E-state index in [2.05, 4.69) is 34.5 Å². The second-order valence-corrected chi connectivity index (χ2v) is 8.40. The lowest BCUT2D eigenvalue weighted by molar-refractivity contribution is -0.131. The summed E-state index contributed by atoms with van der Waals surface area (Å²) in [7, 11) is 1.72. The fourth-order valence-electron chi connectivity index (χ4n) is 4.76. The first-order chi connectivity index (χ1) is 14.7. The highest BCUT2D eigenvalue weighted by atomic mass is 16.5. The molecule has 2 aliphatic heterocycles. The van der Waals surface area contributed by atoms with Crippen LogP contribution in [0.3, 0.4) is 0 Å². The number of rotatable bonds is 6. The Balaban J connectivity index is 1.36. The largest absolute Gasteiger partial charge is 0.496 e. The summed E-state index contributed by atoms with van der Waals surface area (Å²) in [6, 6.07) is 18.7. The first kappa shape index (κ1) is 20.9. The number of piperidine rings is 1. The number of nitrogens with zero attached hydrogens (tertiary/aromatic N) is 1. The van der Waals surface area contributed by atoms with Gasteiger partial charge in [0.15, 0.2) is 0 Å². The van der Waals surface area contributed by atoms with Gasteiger partial charge >= 0.3 is 0 Å². The van der Waals surface area contributed by atoms with Gasteiger partial charge in [0, 0.05) is 44.5 Å². The Morgan fingerprint density at radius 2 is 1.73 bits per heavy atom. The maximum atomic E-state index is 13.4. The molecule has 1 amide bonds. The maximum absolute atomic E-state index is 13.4. The number of amides is 1. The molecule has 1 N–H and O–H groups in total. The van der Waals surface area contributed by atoms with E-state index < -0.39 is 5.41 Å². The summed E-state index contributed by atoms with van der Waals surface area (Å²) in [4.78, 5) is 15.9. The van der Waals surface area contributed by atoms with E-state index in [1.807, 2.05) is 30.3 Å². The number of carbonyl (C=O) groups is 1. The van der Waals surface area contributed by atoms with Crippen LogP contribution in [0, 0.1) is 0 Å². The van der Waals surface area contributed by atoms with Gasteiger partial charge in [-0.2, -0.15) is 0 Å². The Kier molecular flexibility index (Phi) is 6.70. The average molecular weight is 409 g/mol. The van der Waals surface area contributed by atoms with Crippen LogP contribution in [-0.4, -0.2) is 50.3 Å². The van der Waals surface area contributed by atoms with Crippen LogP contribution in [0.15, 0.2) is 54.6 Å². The van der Waals surface area contributed by atoms with Gasteiger partial charge in [0.1, 0.15) is 5.75 Å². The summed E-state index contributed by atoms with van der Waals surface area (Å²) in [6.07, 6.45) is 3.44. The van der Waals surface area contributed by atoms with Gasteiger partial charge in [0.2, 0.25) is 5.91 Å². The molecular formula is C25H32N2O3. The lowest BCUT2D eigenvalue weighted by Gasteiger charge is -2.39. The summed E-state index contributed by atoms with van der Waals surface area (Å²) < 4.78 is 11.1. The van der Waals surface area contributed by atoms with Gasteiger partial charge in [0.05, 0.1) is 12.5 Å². The van der Waals surface area contributed by atoms with Gasteiger partial charge < -0.3 is 14.8 Å². The molecule has 30 heavy (non-hydrogen) atoms. The first-order valence-corrected chi connectivity index (χ1v) is 11.0. The number of carbonyl (C=O) groups excluding carboxylic acids is 1. The number of ether oxygens (including phenoxy) is 2. The van der Waals surface area contributed by atoms with Crippen LogP contribution in [0.4, 0.5) is 0 Å². The molecule has 2 aromatic carbocycles. The molecule has 0 bridgehead atoms. The van der Waals surface area contributed by atoms with Crippen LogP contribution in [0.1, 0.15) is 36.8 Å². The molecule has 0 radical (unpaired) electrons. The number of para-hydroxylation sites is 1. The monoisotopic (exact) mass is 408 g/mol. The highest BCUT2D eigenvalue weighted by Gasteiger charge is 2.42. The zero-order chi connectivity index (χ0) is 20.8. The number of nitrogens with one attached hydrogen (secondary N) is 1. The maximum Gasteiger partial charge on any atom is 0.231 e. The molecule has 5 heteroatoms. The van der Waals surface area contributed by atoms with Crippen molar-refractivity contribution in [2.45, 2.75) is 43.7 Å². The number of benzene rings is 2. The van der Waals surface area contributed by atoms with Crippen molar-refractivity contribution in [1.82, 2.24) is 10.2 Å². The Morgan fingerprint density at radius 3 is 2.43 bits per heavy atom. The summed E-state index contributed by atoms with van der Waals surface area (Å²) in [6.45, 7) is 4.12. The third-order valence-electron chi connectivity index (χ3n) is 6.62. The van der Waals surface area contributed by atoms with Crippen LogP contribution in [0.5, 0.6) is 5.75 Å². The molecule has 2 aliphatic rings. The van der Waals surface area contributed by atoms with Crippen molar-refractivity contribution in [1.29, 1.82) is 0 Å². The number of methoxy groups -OCH3 is 1. The fourth-order valence-corrected chi connectivity index (χ4v) is 4.76. The summed E-state index contributed by atoms with van der Waals surface area (Å²) in [5, 5.41) is 3.39. The van der Waals surface area contributed by atoms with E-state index in [0.717, 1.165) is 56.6 Å². The van der Waals surface area contributed by atoms with Crippen molar-refractivity contribution in [2.24, 2.45) is 0 Å². The third-order valence-corrected chi connectivity index (χ3v) is 6.62. The molecule has 0 aromatic heterocycles. The van der Waals surface area contributed by atoms with Crippen LogP contribution >= 0.6 is 0 Å². The standard InChI is InChI=1S/C25H32N2O3/c1-29-23-10-6-5-7-20(23)19-27-15-11-22(12-16-27)26-24(28)25(13-17-30-18-14-25)21-8-3-2-4-9-21/h2-10,22H,11-19H2,1H3,(H,26,28). The molecule has 0 saturated carbocycles. The van der Waals surface area contributed by atoms with Crippen LogP contribution in [-0.2, 0) is 21.5 Å². The minimum Gasteiger partial charge on any atom is -0.496 e. The molecule has 0 spiro atoms. The van der Waals surface area contributed by atoms with E-state index in [1.54, 1.807) is 7.11 Å². The van der Waals surface area contributed by atoms with Crippen molar-refractivity contribution >= 4 is 5.91 Å². The van der Waals surface area contributed by atoms with E-state index in [-0.39, 0.29) is 11.9 Å². The molecule has 2 fully saturated rings. The number of hydrogen-bond acceptors (Lipinski definition) is 4. The van der Waals surface area contributed by atoms with E-state index in [1.165, 1.54) is 5.56 Å². The molecule has 160 valence electrons. The predicted molar refractivity (Wildman–Crippen MR) is 118 cm³/mol. The molecule has 5 nitrogen and oxygen atoms in total. The van der Waals surface area contributed by atoms with E-state index in [9.17, 15) is 4.79 Å². The average Bonchev–Trinajstić information content (AvgIpc) is 2.81. The highest BCUT2D eigenvalue weighted by Crippen LogP contribution is 2.35. The van der Waals surface area contributed by atoms with Gasteiger partial charge in [-0.1, -0.05) is 48.5 Å². The summed E-state index contributed by atoms with van der Waals surface area (Å²) in [5.41, 5.74) is 1.86. The topological polar surface area (TPSA) is 50.8 Å². The second-order valence-electron chi connectivity index (χ2n) is 8.40. The minimum atomic E-state index is -0.464. The quantitative estimate of drug-likeness (QED) is 0.795. The predicted octanol–water partition coefficient (Wildman–Crippen LogP) is 3.52. The fraction of sp³-hybridized carbons (Fsp3) is 0.480. The molecule has 0 atom stereocenters. The summed E-state index contributed by atoms with van der Waals surface area (Å²) in [5.74, 6) is 1.11. The molecule has 4 rings (SSSR count). The van der Waals surface area contributed by atoms with Gasteiger partial charge in [-0.25, -0.2) is 0 Å². The molecule has 2 heterocycles. The SMILES string of the molecule is COc1ccccc1CN1CCC(NC(=O)C2(c3ccccc3)CCOCC2)CC1. The lowest BCUT2D eigenvalue weighted by Crippen LogP contribution is -2.53. The van der Waals surface area contributed by atoms with E-state index in [4.69, 9.17) is 9.47 Å². The molecule has 0 aliphatic carbocycles. The first-order valence-electron chi connectivity index (χ1n) is 11.0. The lowest BCUT2D eigenvalue weighted by atomic mass is 9.73. The second kappa shape index (κ2) is 9.63. The number of likely N-dealkylation sites (tertiary alicyclic amines) is 1. The van der Waals surface area contributed by atoms with Crippen LogP contribution in [0.25, 0.3) is 0 Å². The molecule has 2 aromatic rings. The number of hydrogen-bond donors (Lipinski definition) is 1. The smallest absolute Gasteiger partial charge is 0.231 e. The third kappa shape index (κ3) is 4.52. The van der Waals surface area contributed by atoms with Crippen molar-refractivity contribution < 1.29 is 14.3 Å². The van der Waals surface area contributed by atoms with Crippen molar-refractivity contribution in [3.8, 4) is 5.75 Å².